The van der Waals surface area contributed by atoms with Crippen molar-refractivity contribution in [1.82, 2.24) is 9.97 Å². The second kappa shape index (κ2) is 7.91. The number of aromatic nitrogens is 2. The summed E-state index contributed by atoms with van der Waals surface area (Å²) < 4.78 is 0. The molecule has 0 spiro atoms. The molecule has 0 unspecified atom stereocenters. The fourth-order valence-electron chi connectivity index (χ4n) is 2.55. The molecule has 0 amide bonds. The minimum atomic E-state index is 0.0963. The molecular formula is C18H20ClN3OS2. The monoisotopic (exact) mass is 393 g/mol. The highest BCUT2D eigenvalue weighted by molar-refractivity contribution is 7.98. The van der Waals surface area contributed by atoms with Crippen LogP contribution in [0.3, 0.4) is 0 Å². The van der Waals surface area contributed by atoms with Gasteiger partial charge in [-0.2, -0.15) is 0 Å². The molecule has 0 saturated heterocycles. The molecule has 3 rings (SSSR count). The summed E-state index contributed by atoms with van der Waals surface area (Å²) in [5.74, 6) is 2.38. The van der Waals surface area contributed by atoms with Gasteiger partial charge in [0.1, 0.15) is 16.5 Å². The molecule has 0 fully saturated rings. The number of fused-ring (bicyclic) bond motifs is 1. The van der Waals surface area contributed by atoms with E-state index in [9.17, 15) is 5.11 Å². The van der Waals surface area contributed by atoms with Gasteiger partial charge in [0.25, 0.3) is 0 Å². The lowest BCUT2D eigenvalue weighted by Gasteiger charge is -2.19. The molecule has 132 valence electrons. The summed E-state index contributed by atoms with van der Waals surface area (Å²) in [6.07, 6.45) is 0. The largest absolute Gasteiger partial charge is 0.395 e. The first-order valence-electron chi connectivity index (χ1n) is 7.96. The molecule has 1 aromatic carbocycles. The molecule has 0 aliphatic rings. The number of thiophene rings is 1. The number of thioether (sulfide) groups is 1. The number of anilines is 1. The van der Waals surface area contributed by atoms with Gasteiger partial charge in [-0.15, -0.1) is 23.1 Å². The Kier molecular flexibility index (Phi) is 5.84. The smallest absolute Gasteiger partial charge is 0.142 e. The van der Waals surface area contributed by atoms with Crippen LogP contribution in [-0.4, -0.2) is 35.3 Å². The summed E-state index contributed by atoms with van der Waals surface area (Å²) in [7, 11) is 1.96. The van der Waals surface area contributed by atoms with Gasteiger partial charge >= 0.3 is 0 Å². The highest BCUT2D eigenvalue weighted by Gasteiger charge is 2.17. The van der Waals surface area contributed by atoms with Gasteiger partial charge in [0.2, 0.25) is 0 Å². The van der Waals surface area contributed by atoms with Gasteiger partial charge in [-0.25, -0.2) is 9.97 Å². The summed E-state index contributed by atoms with van der Waals surface area (Å²) in [6.45, 7) is 4.86. The molecule has 0 saturated carbocycles. The molecule has 1 N–H and O–H groups in total. The number of aliphatic hydroxyl groups excluding tert-OH is 1. The zero-order valence-electron chi connectivity index (χ0n) is 14.4. The number of aryl methyl sites for hydroxylation is 2. The molecule has 4 nitrogen and oxygen atoms in total. The molecule has 3 aromatic rings. The number of likely N-dealkylation sites (N-methyl/N-ethyl adjacent to an activating group) is 1. The molecule has 0 bridgehead atoms. The summed E-state index contributed by atoms with van der Waals surface area (Å²) in [6, 6.07) is 7.79. The maximum atomic E-state index is 9.29. The van der Waals surface area contributed by atoms with Crippen molar-refractivity contribution in [1.29, 1.82) is 0 Å². The molecule has 0 radical (unpaired) electrons. The van der Waals surface area contributed by atoms with Crippen molar-refractivity contribution in [2.45, 2.75) is 24.5 Å². The third-order valence-electron chi connectivity index (χ3n) is 4.03. The van der Waals surface area contributed by atoms with Crippen molar-refractivity contribution in [3.63, 3.8) is 0 Å². The minimum absolute atomic E-state index is 0.0963. The van der Waals surface area contributed by atoms with Crippen molar-refractivity contribution in [3.8, 4) is 0 Å². The van der Waals surface area contributed by atoms with Crippen LogP contribution in [0.25, 0.3) is 10.2 Å². The zero-order valence-corrected chi connectivity index (χ0v) is 16.8. The molecule has 2 aromatic heterocycles. The fourth-order valence-corrected chi connectivity index (χ4v) is 4.47. The standard InChI is InChI=1S/C18H20ClN3OS2/c1-11-12(2)25-18-16(11)17(22(3)8-9-23)20-15(21-18)10-24-14-6-4-13(19)5-7-14/h4-7,23H,8-10H2,1-3H3. The maximum absolute atomic E-state index is 9.29. The molecule has 2 heterocycles. The maximum Gasteiger partial charge on any atom is 0.142 e. The van der Waals surface area contributed by atoms with Crippen molar-refractivity contribution in [2.24, 2.45) is 0 Å². The Morgan fingerprint density at radius 2 is 1.92 bits per heavy atom. The summed E-state index contributed by atoms with van der Waals surface area (Å²) >= 11 is 9.33. The van der Waals surface area contributed by atoms with Gasteiger partial charge in [-0.1, -0.05) is 11.6 Å². The molecular weight excluding hydrogens is 374 g/mol. The van der Waals surface area contributed by atoms with E-state index in [0.717, 1.165) is 31.8 Å². The Hall–Kier alpha value is -1.34. The number of hydrogen-bond donors (Lipinski definition) is 1. The van der Waals surface area contributed by atoms with Crippen LogP contribution in [0.15, 0.2) is 29.2 Å². The lowest BCUT2D eigenvalue weighted by atomic mass is 10.2. The van der Waals surface area contributed by atoms with Crippen LogP contribution >= 0.6 is 34.7 Å². The van der Waals surface area contributed by atoms with Crippen molar-refractivity contribution >= 4 is 50.7 Å². The lowest BCUT2D eigenvalue weighted by Crippen LogP contribution is -2.23. The van der Waals surface area contributed by atoms with Crippen LogP contribution < -0.4 is 4.90 Å². The van der Waals surface area contributed by atoms with Crippen LogP contribution in [0.4, 0.5) is 5.82 Å². The van der Waals surface area contributed by atoms with Crippen LogP contribution in [0.2, 0.25) is 5.02 Å². The van der Waals surface area contributed by atoms with Crippen LogP contribution in [-0.2, 0) is 5.75 Å². The molecule has 7 heteroatoms. The summed E-state index contributed by atoms with van der Waals surface area (Å²) in [5, 5.41) is 11.1. The Morgan fingerprint density at radius 1 is 1.20 bits per heavy atom. The van der Waals surface area contributed by atoms with E-state index in [1.807, 2.05) is 36.2 Å². The number of nitrogens with zero attached hydrogens (tertiary/aromatic N) is 3. The van der Waals surface area contributed by atoms with Gasteiger partial charge < -0.3 is 10.0 Å². The Balaban J connectivity index is 1.94. The first-order valence-corrected chi connectivity index (χ1v) is 10.1. The molecule has 0 aliphatic carbocycles. The third kappa shape index (κ3) is 4.08. The van der Waals surface area contributed by atoms with Gasteiger partial charge in [-0.05, 0) is 43.7 Å². The van der Waals surface area contributed by atoms with Crippen LogP contribution in [0.1, 0.15) is 16.3 Å². The Labute approximate surface area is 160 Å². The average Bonchev–Trinajstić information content (AvgIpc) is 2.88. The number of aliphatic hydroxyl groups is 1. The molecule has 0 atom stereocenters. The first-order chi connectivity index (χ1) is 12.0. The van der Waals surface area contributed by atoms with E-state index in [0.29, 0.717) is 12.3 Å². The first kappa shape index (κ1) is 18.5. The topological polar surface area (TPSA) is 49.2 Å². The second-order valence-electron chi connectivity index (χ2n) is 5.81. The van der Waals surface area contributed by atoms with E-state index in [2.05, 4.69) is 13.8 Å². The van der Waals surface area contributed by atoms with E-state index in [4.69, 9.17) is 21.6 Å². The van der Waals surface area contributed by atoms with Crippen molar-refractivity contribution in [3.05, 3.63) is 45.6 Å². The Morgan fingerprint density at radius 3 is 2.60 bits per heavy atom. The highest BCUT2D eigenvalue weighted by atomic mass is 35.5. The predicted octanol–water partition coefficient (Wildman–Crippen LogP) is 4.68. The van der Waals surface area contributed by atoms with Gasteiger partial charge in [-0.3, -0.25) is 0 Å². The SMILES string of the molecule is Cc1sc2nc(CSc3ccc(Cl)cc3)nc(N(C)CCO)c2c1C. The van der Waals surface area contributed by atoms with E-state index < -0.39 is 0 Å². The van der Waals surface area contributed by atoms with Crippen molar-refractivity contribution < 1.29 is 5.11 Å². The number of halogens is 1. The quantitative estimate of drug-likeness (QED) is 0.616. The lowest BCUT2D eigenvalue weighted by molar-refractivity contribution is 0.304. The fraction of sp³-hybridized carbons (Fsp3) is 0.333. The summed E-state index contributed by atoms with van der Waals surface area (Å²) in [5.41, 5.74) is 1.22. The van der Waals surface area contributed by atoms with E-state index >= 15 is 0 Å². The average molecular weight is 394 g/mol. The van der Waals surface area contributed by atoms with E-state index in [1.165, 1.54) is 10.4 Å². The van der Waals surface area contributed by atoms with Crippen molar-refractivity contribution in [2.75, 3.05) is 25.1 Å². The number of rotatable bonds is 6. The zero-order chi connectivity index (χ0) is 18.0. The normalized spacial score (nSPS) is 11.2. The second-order valence-corrected chi connectivity index (χ2v) is 8.50. The molecule has 25 heavy (non-hydrogen) atoms. The number of hydrogen-bond acceptors (Lipinski definition) is 6. The van der Waals surface area contributed by atoms with Gasteiger partial charge in [0.15, 0.2) is 0 Å². The van der Waals surface area contributed by atoms with Crippen LogP contribution in [0, 0.1) is 13.8 Å². The highest BCUT2D eigenvalue weighted by Crippen LogP contribution is 2.35. The van der Waals surface area contributed by atoms with E-state index in [-0.39, 0.29) is 6.61 Å². The number of benzene rings is 1. The minimum Gasteiger partial charge on any atom is -0.395 e. The molecule has 0 aliphatic heterocycles. The summed E-state index contributed by atoms with van der Waals surface area (Å²) in [4.78, 5) is 15.0. The Bertz CT molecular complexity index is 880. The van der Waals surface area contributed by atoms with Crippen LogP contribution in [0.5, 0.6) is 0 Å². The third-order valence-corrected chi connectivity index (χ3v) is 6.40. The van der Waals surface area contributed by atoms with Gasteiger partial charge in [0, 0.05) is 28.4 Å². The van der Waals surface area contributed by atoms with E-state index in [1.54, 1.807) is 23.1 Å². The van der Waals surface area contributed by atoms with Gasteiger partial charge in [0.05, 0.1) is 17.7 Å². The predicted molar refractivity (Wildman–Crippen MR) is 108 cm³/mol.